The number of carbonyl (C=O) groups excluding carboxylic acids is 1. The molecule has 6 heteroatoms. The summed E-state index contributed by atoms with van der Waals surface area (Å²) in [5.74, 6) is 0.825. The molecule has 2 aromatic rings. The maximum absolute atomic E-state index is 12.0. The predicted molar refractivity (Wildman–Crippen MR) is 92.4 cm³/mol. The Balaban J connectivity index is 1.66. The van der Waals surface area contributed by atoms with Crippen molar-refractivity contribution in [2.75, 3.05) is 6.61 Å². The fraction of sp³-hybridized carbons (Fsp3) is 0.278. The lowest BCUT2D eigenvalue weighted by Gasteiger charge is -2.18. The van der Waals surface area contributed by atoms with Gasteiger partial charge in [-0.05, 0) is 32.0 Å². The Hall–Kier alpha value is -1.91. The molecule has 1 heterocycles. The molecule has 0 unspecified atom stereocenters. The van der Waals surface area contributed by atoms with Crippen LogP contribution in [0.2, 0.25) is 10.0 Å². The summed E-state index contributed by atoms with van der Waals surface area (Å²) in [6.45, 7) is 3.75. The minimum absolute atomic E-state index is 0.202. The van der Waals surface area contributed by atoms with E-state index in [0.717, 1.165) is 12.0 Å². The molecule has 0 fully saturated rings. The Morgan fingerprint density at radius 2 is 2.00 bits per heavy atom. The molecule has 0 bridgehead atoms. The minimum Gasteiger partial charge on any atom is -0.483 e. The number of esters is 1. The summed E-state index contributed by atoms with van der Waals surface area (Å²) in [6, 6.07) is 10.3. The van der Waals surface area contributed by atoms with E-state index in [1.165, 1.54) is 6.07 Å². The van der Waals surface area contributed by atoms with E-state index in [-0.39, 0.29) is 18.0 Å². The molecule has 0 spiro atoms. The van der Waals surface area contributed by atoms with Crippen LogP contribution in [0.4, 0.5) is 0 Å². The Morgan fingerprint density at radius 1 is 1.21 bits per heavy atom. The van der Waals surface area contributed by atoms with Crippen molar-refractivity contribution in [1.82, 2.24) is 0 Å². The van der Waals surface area contributed by atoms with Crippen molar-refractivity contribution in [2.45, 2.75) is 25.9 Å². The summed E-state index contributed by atoms with van der Waals surface area (Å²) >= 11 is 11.8. The van der Waals surface area contributed by atoms with Gasteiger partial charge in [0, 0.05) is 23.1 Å². The number of para-hydroxylation sites is 1. The smallest absolute Gasteiger partial charge is 0.349 e. The van der Waals surface area contributed by atoms with Gasteiger partial charge in [-0.25, -0.2) is 4.79 Å². The van der Waals surface area contributed by atoms with E-state index < -0.39 is 5.97 Å². The molecule has 0 radical (unpaired) electrons. The van der Waals surface area contributed by atoms with Crippen molar-refractivity contribution in [2.24, 2.45) is 0 Å². The van der Waals surface area contributed by atoms with Gasteiger partial charge in [-0.15, -0.1) is 0 Å². The molecule has 0 N–H and O–H groups in total. The number of halogens is 2. The van der Waals surface area contributed by atoms with Gasteiger partial charge in [0.2, 0.25) is 0 Å². The summed E-state index contributed by atoms with van der Waals surface area (Å²) in [5.41, 5.74) is 0.778. The molecule has 0 saturated heterocycles. The third kappa shape index (κ3) is 3.77. The van der Waals surface area contributed by atoms with Crippen molar-refractivity contribution in [1.29, 1.82) is 0 Å². The molecular weight excluding hydrogens is 351 g/mol. The monoisotopic (exact) mass is 366 g/mol. The first-order valence-corrected chi connectivity index (χ1v) is 8.19. The molecule has 0 atom stereocenters. The van der Waals surface area contributed by atoms with Crippen LogP contribution in [0.3, 0.4) is 0 Å². The topological polar surface area (TPSA) is 44.8 Å². The van der Waals surface area contributed by atoms with Gasteiger partial charge in [0.05, 0.1) is 5.02 Å². The number of benzene rings is 2. The molecule has 24 heavy (non-hydrogen) atoms. The zero-order valence-corrected chi connectivity index (χ0v) is 14.8. The maximum atomic E-state index is 12.0. The second kappa shape index (κ2) is 6.54. The second-order valence-electron chi connectivity index (χ2n) is 6.12. The summed E-state index contributed by atoms with van der Waals surface area (Å²) in [7, 11) is 0. The first-order chi connectivity index (χ1) is 11.3. The van der Waals surface area contributed by atoms with E-state index in [1.807, 2.05) is 26.0 Å². The average molecular weight is 367 g/mol. The van der Waals surface area contributed by atoms with Crippen molar-refractivity contribution < 1.29 is 19.0 Å². The summed E-state index contributed by atoms with van der Waals surface area (Å²) in [4.78, 5) is 12.0. The van der Waals surface area contributed by atoms with Crippen LogP contribution in [-0.2, 0) is 11.2 Å². The third-order valence-electron chi connectivity index (χ3n) is 3.52. The zero-order chi connectivity index (χ0) is 17.3. The fourth-order valence-corrected chi connectivity index (χ4v) is 2.86. The van der Waals surface area contributed by atoms with E-state index >= 15 is 0 Å². The highest BCUT2D eigenvalue weighted by Crippen LogP contribution is 2.41. The van der Waals surface area contributed by atoms with Gasteiger partial charge in [-0.1, -0.05) is 35.3 Å². The predicted octanol–water partition coefficient (Wildman–Crippen LogP) is 4.69. The minimum atomic E-state index is -0.575. The summed E-state index contributed by atoms with van der Waals surface area (Å²) in [6.07, 6.45) is 0.794. The van der Waals surface area contributed by atoms with Crippen molar-refractivity contribution in [3.8, 4) is 17.2 Å². The van der Waals surface area contributed by atoms with Crippen LogP contribution in [0, 0.1) is 0 Å². The number of rotatable bonds is 4. The van der Waals surface area contributed by atoms with Crippen LogP contribution in [0.25, 0.3) is 0 Å². The standard InChI is InChI=1S/C18H16Cl2O4/c1-18(2)9-11-4-3-5-14(17(11)24-18)22-10-16(21)23-15-8-12(19)6-7-13(15)20/h3-8H,9-10H2,1-2H3. The zero-order valence-electron chi connectivity index (χ0n) is 13.3. The highest BCUT2D eigenvalue weighted by Gasteiger charge is 2.32. The van der Waals surface area contributed by atoms with Crippen LogP contribution in [-0.4, -0.2) is 18.2 Å². The molecule has 1 aliphatic rings. The van der Waals surface area contributed by atoms with Gasteiger partial charge < -0.3 is 14.2 Å². The fourth-order valence-electron chi connectivity index (χ4n) is 2.55. The van der Waals surface area contributed by atoms with Gasteiger partial charge in [-0.2, -0.15) is 0 Å². The first kappa shape index (κ1) is 16.9. The Kier molecular flexibility index (Phi) is 4.61. The lowest BCUT2D eigenvalue weighted by molar-refractivity contribution is -0.136. The quantitative estimate of drug-likeness (QED) is 0.581. The van der Waals surface area contributed by atoms with E-state index in [9.17, 15) is 4.79 Å². The molecule has 0 saturated carbocycles. The first-order valence-electron chi connectivity index (χ1n) is 7.43. The van der Waals surface area contributed by atoms with Crippen LogP contribution in [0.15, 0.2) is 36.4 Å². The average Bonchev–Trinajstić information content (AvgIpc) is 2.83. The largest absolute Gasteiger partial charge is 0.483 e. The van der Waals surface area contributed by atoms with E-state index in [0.29, 0.717) is 21.5 Å². The molecule has 4 nitrogen and oxygen atoms in total. The van der Waals surface area contributed by atoms with Crippen molar-refractivity contribution >= 4 is 29.2 Å². The van der Waals surface area contributed by atoms with Crippen LogP contribution >= 0.6 is 23.2 Å². The number of ether oxygens (including phenoxy) is 3. The molecular formula is C18H16Cl2O4. The highest BCUT2D eigenvalue weighted by atomic mass is 35.5. The normalized spacial score (nSPS) is 14.7. The highest BCUT2D eigenvalue weighted by molar-refractivity contribution is 6.34. The van der Waals surface area contributed by atoms with Crippen LogP contribution in [0.1, 0.15) is 19.4 Å². The Morgan fingerprint density at radius 3 is 2.79 bits per heavy atom. The van der Waals surface area contributed by atoms with Gasteiger partial charge >= 0.3 is 5.97 Å². The van der Waals surface area contributed by atoms with Crippen molar-refractivity contribution in [3.63, 3.8) is 0 Å². The van der Waals surface area contributed by atoms with E-state index in [1.54, 1.807) is 18.2 Å². The van der Waals surface area contributed by atoms with Gasteiger partial charge in [0.15, 0.2) is 23.9 Å². The number of hydrogen-bond donors (Lipinski definition) is 0. The molecule has 1 aliphatic heterocycles. The van der Waals surface area contributed by atoms with E-state index in [4.69, 9.17) is 37.4 Å². The molecule has 2 aromatic carbocycles. The summed E-state index contributed by atoms with van der Waals surface area (Å²) < 4.78 is 16.7. The van der Waals surface area contributed by atoms with Crippen LogP contribution in [0.5, 0.6) is 17.2 Å². The number of hydrogen-bond acceptors (Lipinski definition) is 4. The second-order valence-corrected chi connectivity index (χ2v) is 6.96. The Bertz CT molecular complexity index is 787. The maximum Gasteiger partial charge on any atom is 0.349 e. The van der Waals surface area contributed by atoms with Crippen LogP contribution < -0.4 is 14.2 Å². The number of fused-ring (bicyclic) bond motifs is 1. The molecule has 0 aliphatic carbocycles. The molecule has 0 amide bonds. The number of carbonyl (C=O) groups is 1. The molecule has 0 aromatic heterocycles. The third-order valence-corrected chi connectivity index (χ3v) is 4.06. The lowest BCUT2D eigenvalue weighted by Crippen LogP contribution is -2.25. The van der Waals surface area contributed by atoms with E-state index in [2.05, 4.69) is 0 Å². The molecule has 126 valence electrons. The van der Waals surface area contributed by atoms with Gasteiger partial charge in [0.25, 0.3) is 0 Å². The SMILES string of the molecule is CC1(C)Cc2cccc(OCC(=O)Oc3cc(Cl)ccc3Cl)c2O1. The Labute approximate surface area is 150 Å². The summed E-state index contributed by atoms with van der Waals surface area (Å²) in [5, 5.41) is 0.734. The van der Waals surface area contributed by atoms with Crippen molar-refractivity contribution in [3.05, 3.63) is 52.0 Å². The molecule has 3 rings (SSSR count). The van der Waals surface area contributed by atoms with Gasteiger partial charge in [-0.3, -0.25) is 0 Å². The van der Waals surface area contributed by atoms with Gasteiger partial charge in [0.1, 0.15) is 5.60 Å². The lowest BCUT2D eigenvalue weighted by atomic mass is 10.0.